The molecule has 0 unspecified atom stereocenters. The van der Waals surface area contributed by atoms with Crippen molar-refractivity contribution in [3.63, 3.8) is 0 Å². The number of benzene rings is 1. The number of aromatic nitrogens is 1. The van der Waals surface area contributed by atoms with Crippen LogP contribution in [-0.2, 0) is 4.74 Å². The number of aryl methyl sites for hydroxylation is 1. The van der Waals surface area contributed by atoms with Crippen LogP contribution in [0.25, 0.3) is 0 Å². The molecule has 6 nitrogen and oxygen atoms in total. The molecule has 2 aromatic rings. The first kappa shape index (κ1) is 21.3. The van der Waals surface area contributed by atoms with Crippen molar-refractivity contribution in [2.75, 3.05) is 18.0 Å². The molecule has 2 heterocycles. The normalized spacial score (nSPS) is 15.3. The van der Waals surface area contributed by atoms with Gasteiger partial charge >= 0.3 is 6.09 Å². The lowest BCUT2D eigenvalue weighted by Crippen LogP contribution is -2.38. The second-order valence-corrected chi connectivity index (χ2v) is 9.48. The summed E-state index contributed by atoms with van der Waals surface area (Å²) in [7, 11) is 0. The van der Waals surface area contributed by atoms with Crippen molar-refractivity contribution in [1.29, 1.82) is 0 Å². The highest BCUT2D eigenvalue weighted by Gasteiger charge is 2.29. The number of likely N-dealkylation sites (tertiary alicyclic amines) is 1. The van der Waals surface area contributed by atoms with Gasteiger partial charge < -0.3 is 9.64 Å². The number of anilines is 2. The zero-order valence-corrected chi connectivity index (χ0v) is 18.6. The summed E-state index contributed by atoms with van der Waals surface area (Å²) in [5.41, 5.74) is 1.48. The van der Waals surface area contributed by atoms with Crippen LogP contribution in [0.15, 0.2) is 29.6 Å². The van der Waals surface area contributed by atoms with Crippen molar-refractivity contribution < 1.29 is 14.3 Å². The average molecular weight is 416 g/mol. The predicted molar refractivity (Wildman–Crippen MR) is 116 cm³/mol. The Bertz CT molecular complexity index is 862. The van der Waals surface area contributed by atoms with Gasteiger partial charge in [0.2, 0.25) is 0 Å². The van der Waals surface area contributed by atoms with Gasteiger partial charge in [-0.15, -0.1) is 11.3 Å². The number of nitrogens with zero attached hydrogens (tertiary/aromatic N) is 3. The fraction of sp³-hybridized carbons (Fsp3) is 0.500. The molecular formula is C22H29N3O3S. The molecule has 0 N–H and O–H groups in total. The molecule has 0 bridgehead atoms. The number of hydrogen-bond acceptors (Lipinski definition) is 5. The van der Waals surface area contributed by atoms with Gasteiger partial charge in [0, 0.05) is 18.5 Å². The maximum atomic E-state index is 12.9. The zero-order chi connectivity index (χ0) is 21.2. The fourth-order valence-corrected chi connectivity index (χ4v) is 3.94. The maximum absolute atomic E-state index is 12.9. The molecule has 7 heteroatoms. The second kappa shape index (κ2) is 8.53. The number of carbonyl (C=O) groups is 2. The SMILES string of the molecule is Cc1ccc(N(C(=O)OC(C)(C)C)c2nc(C(=O)N3CCC(C)CC3)cs2)cc1. The highest BCUT2D eigenvalue weighted by atomic mass is 32.1. The van der Waals surface area contributed by atoms with E-state index in [1.807, 2.05) is 56.9 Å². The Hall–Kier alpha value is -2.41. The summed E-state index contributed by atoms with van der Waals surface area (Å²) in [6.45, 7) is 11.2. The van der Waals surface area contributed by atoms with Gasteiger partial charge in [-0.05, 0) is 58.6 Å². The Kier molecular flexibility index (Phi) is 6.27. The molecule has 1 fully saturated rings. The lowest BCUT2D eigenvalue weighted by atomic mass is 9.99. The minimum Gasteiger partial charge on any atom is -0.443 e. The van der Waals surface area contributed by atoms with Gasteiger partial charge in [-0.2, -0.15) is 0 Å². The Labute approximate surface area is 176 Å². The standard InChI is InChI=1S/C22H29N3O3S/c1-15-6-8-17(9-7-15)25(21(27)28-22(3,4)5)20-23-18(14-29-20)19(26)24-12-10-16(2)11-13-24/h6-9,14,16H,10-13H2,1-5H3. The minimum atomic E-state index is -0.638. The van der Waals surface area contributed by atoms with E-state index in [9.17, 15) is 9.59 Å². The van der Waals surface area contributed by atoms with Crippen molar-refractivity contribution in [2.45, 2.75) is 53.1 Å². The smallest absolute Gasteiger partial charge is 0.421 e. The molecule has 2 amide bonds. The van der Waals surface area contributed by atoms with Crippen molar-refractivity contribution in [3.8, 4) is 0 Å². The van der Waals surface area contributed by atoms with Gasteiger partial charge in [0.1, 0.15) is 11.3 Å². The first-order valence-corrected chi connectivity index (χ1v) is 10.9. The Morgan fingerprint density at radius 3 is 2.38 bits per heavy atom. The number of ether oxygens (including phenoxy) is 1. The van der Waals surface area contributed by atoms with E-state index in [1.165, 1.54) is 16.2 Å². The highest BCUT2D eigenvalue weighted by Crippen LogP contribution is 2.31. The number of rotatable bonds is 3. The van der Waals surface area contributed by atoms with Gasteiger partial charge in [0.05, 0.1) is 5.69 Å². The van der Waals surface area contributed by atoms with Crippen LogP contribution in [0, 0.1) is 12.8 Å². The van der Waals surface area contributed by atoms with Crippen LogP contribution in [0.2, 0.25) is 0 Å². The molecule has 29 heavy (non-hydrogen) atoms. The van der Waals surface area contributed by atoms with E-state index in [-0.39, 0.29) is 5.91 Å². The Morgan fingerprint density at radius 2 is 1.79 bits per heavy atom. The van der Waals surface area contributed by atoms with Crippen LogP contribution in [-0.4, -0.2) is 40.6 Å². The summed E-state index contributed by atoms with van der Waals surface area (Å²) in [6, 6.07) is 7.57. The fourth-order valence-electron chi connectivity index (χ4n) is 3.13. The molecule has 0 spiro atoms. The average Bonchev–Trinajstić information content (AvgIpc) is 3.11. The quantitative estimate of drug-likeness (QED) is 0.674. The van der Waals surface area contributed by atoms with E-state index in [4.69, 9.17) is 4.74 Å². The molecule has 0 radical (unpaired) electrons. The van der Waals surface area contributed by atoms with Crippen molar-refractivity contribution in [1.82, 2.24) is 9.88 Å². The Balaban J connectivity index is 1.87. The molecule has 0 atom stereocenters. The molecule has 1 aromatic heterocycles. The molecule has 1 aliphatic heterocycles. The second-order valence-electron chi connectivity index (χ2n) is 8.64. The van der Waals surface area contributed by atoms with E-state index in [0.29, 0.717) is 22.4 Å². The van der Waals surface area contributed by atoms with E-state index in [0.717, 1.165) is 31.5 Å². The first-order valence-electron chi connectivity index (χ1n) is 9.98. The van der Waals surface area contributed by atoms with Crippen LogP contribution in [0.3, 0.4) is 0 Å². The van der Waals surface area contributed by atoms with Gasteiger partial charge in [-0.25, -0.2) is 14.7 Å². The van der Waals surface area contributed by atoms with Crippen LogP contribution in [0.5, 0.6) is 0 Å². The molecule has 156 valence electrons. The molecule has 3 rings (SSSR count). The van der Waals surface area contributed by atoms with Gasteiger partial charge in [-0.1, -0.05) is 24.6 Å². The van der Waals surface area contributed by atoms with E-state index < -0.39 is 11.7 Å². The van der Waals surface area contributed by atoms with Crippen LogP contribution >= 0.6 is 11.3 Å². The summed E-state index contributed by atoms with van der Waals surface area (Å²) in [4.78, 5) is 33.6. The Morgan fingerprint density at radius 1 is 1.17 bits per heavy atom. The number of carbonyl (C=O) groups excluding carboxylic acids is 2. The van der Waals surface area contributed by atoms with Crippen molar-refractivity contribution >= 4 is 34.2 Å². The predicted octanol–water partition coefficient (Wildman–Crippen LogP) is 5.40. The van der Waals surface area contributed by atoms with Gasteiger partial charge in [-0.3, -0.25) is 4.79 Å². The summed E-state index contributed by atoms with van der Waals surface area (Å²) in [6.07, 6.45) is 1.51. The van der Waals surface area contributed by atoms with Crippen molar-refractivity contribution in [3.05, 3.63) is 40.9 Å². The largest absolute Gasteiger partial charge is 0.443 e. The van der Waals surface area contributed by atoms with E-state index in [1.54, 1.807) is 5.38 Å². The van der Waals surface area contributed by atoms with E-state index >= 15 is 0 Å². The third-order valence-electron chi connectivity index (χ3n) is 4.84. The number of hydrogen-bond donors (Lipinski definition) is 0. The highest BCUT2D eigenvalue weighted by molar-refractivity contribution is 7.14. The monoisotopic (exact) mass is 415 g/mol. The lowest BCUT2D eigenvalue weighted by molar-refractivity contribution is 0.0597. The third kappa shape index (κ3) is 5.35. The molecule has 1 aromatic carbocycles. The van der Waals surface area contributed by atoms with Crippen molar-refractivity contribution in [2.24, 2.45) is 5.92 Å². The number of piperidine rings is 1. The third-order valence-corrected chi connectivity index (χ3v) is 5.67. The van der Waals surface area contributed by atoms with Gasteiger partial charge in [0.25, 0.3) is 5.91 Å². The maximum Gasteiger partial charge on any atom is 0.421 e. The van der Waals surface area contributed by atoms with Crippen LogP contribution in [0.4, 0.5) is 15.6 Å². The van der Waals surface area contributed by atoms with Crippen LogP contribution in [0.1, 0.15) is 56.6 Å². The molecule has 1 saturated heterocycles. The summed E-state index contributed by atoms with van der Waals surface area (Å²) in [5.74, 6) is 0.571. The summed E-state index contributed by atoms with van der Waals surface area (Å²) >= 11 is 1.27. The van der Waals surface area contributed by atoms with Crippen LogP contribution < -0.4 is 4.90 Å². The van der Waals surface area contributed by atoms with E-state index in [2.05, 4.69) is 11.9 Å². The minimum absolute atomic E-state index is 0.0764. The molecule has 1 aliphatic rings. The first-order chi connectivity index (χ1) is 13.6. The number of thiazole rings is 1. The number of amides is 2. The molecular weight excluding hydrogens is 386 g/mol. The molecule has 0 aliphatic carbocycles. The zero-order valence-electron chi connectivity index (χ0n) is 17.8. The summed E-state index contributed by atoms with van der Waals surface area (Å²) < 4.78 is 5.60. The topological polar surface area (TPSA) is 62.7 Å². The van der Waals surface area contributed by atoms with Gasteiger partial charge in [0.15, 0.2) is 5.13 Å². The summed E-state index contributed by atoms with van der Waals surface area (Å²) in [5, 5.41) is 2.15. The lowest BCUT2D eigenvalue weighted by Gasteiger charge is -2.29. The molecule has 0 saturated carbocycles.